The normalized spacial score (nSPS) is 18.5. The number of ether oxygens (including phenoxy) is 2. The highest BCUT2D eigenvalue weighted by Gasteiger charge is 2.21. The molecular weight excluding hydrogens is 330 g/mol. The Kier molecular flexibility index (Phi) is 3.86. The summed E-state index contributed by atoms with van der Waals surface area (Å²) in [6.45, 7) is 4.11. The van der Waals surface area contributed by atoms with Gasteiger partial charge in [0.2, 0.25) is 0 Å². The molecule has 0 spiro atoms. The summed E-state index contributed by atoms with van der Waals surface area (Å²) in [6, 6.07) is 9.94. The summed E-state index contributed by atoms with van der Waals surface area (Å²) in [5.41, 5.74) is 2.14. The predicted octanol–water partition coefficient (Wildman–Crippen LogP) is 2.08. The number of nitrogens with zero attached hydrogens (tertiary/aromatic N) is 4. The number of hydrogen-bond donors (Lipinski definition) is 1. The van der Waals surface area contributed by atoms with E-state index in [1.807, 2.05) is 36.7 Å². The van der Waals surface area contributed by atoms with Crippen LogP contribution in [0, 0.1) is 0 Å². The molecular formula is C19H21N5O2. The Morgan fingerprint density at radius 1 is 1.23 bits per heavy atom. The van der Waals surface area contributed by atoms with E-state index in [9.17, 15) is 0 Å². The van der Waals surface area contributed by atoms with E-state index in [0.29, 0.717) is 6.61 Å². The number of rotatable bonds is 4. The Morgan fingerprint density at radius 2 is 2.15 bits per heavy atom. The third-order valence-corrected chi connectivity index (χ3v) is 4.87. The standard InChI is InChI=1S/C19H21N5O2/c1-2-4-18-17(3-1)25-13-15(26-18)5-8-23-9-7-21-19(23)16-11-14-12-20-6-10-24(14)22-16/h1-4,7,9,11,15,20H,5-6,8,10,12-13H2/t15-/m0/s1. The van der Waals surface area contributed by atoms with E-state index >= 15 is 0 Å². The molecule has 0 radical (unpaired) electrons. The highest BCUT2D eigenvalue weighted by Crippen LogP contribution is 2.31. The van der Waals surface area contributed by atoms with Crippen LogP contribution in [0.1, 0.15) is 12.1 Å². The molecule has 0 aliphatic carbocycles. The van der Waals surface area contributed by atoms with Gasteiger partial charge < -0.3 is 19.4 Å². The van der Waals surface area contributed by atoms with Gasteiger partial charge in [0.25, 0.3) is 0 Å². The fourth-order valence-electron chi connectivity index (χ4n) is 3.51. The van der Waals surface area contributed by atoms with Crippen molar-refractivity contribution in [2.75, 3.05) is 13.2 Å². The molecule has 3 aromatic rings. The smallest absolute Gasteiger partial charge is 0.161 e. The minimum atomic E-state index is 0.0413. The van der Waals surface area contributed by atoms with Gasteiger partial charge in [0.05, 0.1) is 12.2 Å². The lowest BCUT2D eigenvalue weighted by Crippen LogP contribution is -2.30. The summed E-state index contributed by atoms with van der Waals surface area (Å²) in [5.74, 6) is 2.55. The summed E-state index contributed by atoms with van der Waals surface area (Å²) < 4.78 is 16.1. The van der Waals surface area contributed by atoms with Crippen LogP contribution in [-0.2, 0) is 19.6 Å². The van der Waals surface area contributed by atoms with Crippen LogP contribution >= 0.6 is 0 Å². The lowest BCUT2D eigenvalue weighted by Gasteiger charge is -2.26. The molecule has 4 heterocycles. The van der Waals surface area contributed by atoms with E-state index in [-0.39, 0.29) is 6.10 Å². The molecule has 5 rings (SSSR count). The van der Waals surface area contributed by atoms with E-state index in [0.717, 1.165) is 55.6 Å². The highest BCUT2D eigenvalue weighted by atomic mass is 16.6. The van der Waals surface area contributed by atoms with Crippen molar-refractivity contribution in [3.05, 3.63) is 48.4 Å². The van der Waals surface area contributed by atoms with Crippen LogP contribution in [0.5, 0.6) is 11.5 Å². The molecule has 2 aliphatic rings. The van der Waals surface area contributed by atoms with Crippen molar-refractivity contribution in [1.82, 2.24) is 24.6 Å². The molecule has 2 aliphatic heterocycles. The number of hydrogen-bond acceptors (Lipinski definition) is 5. The summed E-state index contributed by atoms with van der Waals surface area (Å²) in [5, 5.41) is 8.09. The maximum absolute atomic E-state index is 6.06. The molecule has 134 valence electrons. The third-order valence-electron chi connectivity index (χ3n) is 4.87. The van der Waals surface area contributed by atoms with E-state index in [1.165, 1.54) is 5.69 Å². The molecule has 0 amide bonds. The van der Waals surface area contributed by atoms with Crippen LogP contribution in [-0.4, -0.2) is 38.6 Å². The second kappa shape index (κ2) is 6.49. The van der Waals surface area contributed by atoms with Crippen LogP contribution in [0.25, 0.3) is 11.5 Å². The molecule has 1 atom stereocenters. The number of nitrogens with one attached hydrogen (secondary N) is 1. The molecule has 0 saturated heterocycles. The Morgan fingerprint density at radius 3 is 3.08 bits per heavy atom. The first-order valence-electron chi connectivity index (χ1n) is 9.04. The molecule has 2 aromatic heterocycles. The van der Waals surface area contributed by atoms with Crippen molar-refractivity contribution in [1.29, 1.82) is 0 Å². The monoisotopic (exact) mass is 351 g/mol. The Labute approximate surface area is 151 Å². The van der Waals surface area contributed by atoms with Gasteiger partial charge in [-0.3, -0.25) is 4.68 Å². The van der Waals surface area contributed by atoms with E-state index in [2.05, 4.69) is 25.6 Å². The predicted molar refractivity (Wildman–Crippen MR) is 96.1 cm³/mol. The zero-order valence-electron chi connectivity index (χ0n) is 14.5. The Balaban J connectivity index is 1.29. The van der Waals surface area contributed by atoms with Crippen molar-refractivity contribution in [2.45, 2.75) is 32.2 Å². The van der Waals surface area contributed by atoms with Crippen LogP contribution in [0.4, 0.5) is 0 Å². The van der Waals surface area contributed by atoms with Gasteiger partial charge in [-0.1, -0.05) is 12.1 Å². The number of fused-ring (bicyclic) bond motifs is 2. The van der Waals surface area contributed by atoms with E-state index in [1.54, 1.807) is 0 Å². The van der Waals surface area contributed by atoms with Crippen molar-refractivity contribution >= 4 is 0 Å². The Bertz CT molecular complexity index is 893. The second-order valence-electron chi connectivity index (χ2n) is 6.65. The lowest BCUT2D eigenvalue weighted by atomic mass is 10.2. The first kappa shape index (κ1) is 15.5. The minimum absolute atomic E-state index is 0.0413. The average Bonchev–Trinajstić information content (AvgIpc) is 3.32. The second-order valence-corrected chi connectivity index (χ2v) is 6.65. The maximum atomic E-state index is 6.06. The van der Waals surface area contributed by atoms with Crippen LogP contribution < -0.4 is 14.8 Å². The van der Waals surface area contributed by atoms with Crippen molar-refractivity contribution < 1.29 is 9.47 Å². The van der Waals surface area contributed by atoms with Crippen molar-refractivity contribution in [3.63, 3.8) is 0 Å². The molecule has 26 heavy (non-hydrogen) atoms. The van der Waals surface area contributed by atoms with E-state index in [4.69, 9.17) is 14.6 Å². The van der Waals surface area contributed by atoms with Crippen molar-refractivity contribution in [3.8, 4) is 23.0 Å². The largest absolute Gasteiger partial charge is 0.486 e. The summed E-state index contributed by atoms with van der Waals surface area (Å²) in [4.78, 5) is 4.52. The fraction of sp³-hybridized carbons (Fsp3) is 0.368. The molecule has 0 bridgehead atoms. The van der Waals surface area contributed by atoms with Crippen LogP contribution in [0.15, 0.2) is 42.7 Å². The molecule has 0 saturated carbocycles. The first-order chi connectivity index (χ1) is 12.9. The SMILES string of the molecule is c1ccc2c(c1)OC[C@H](CCn1ccnc1-c1cc3n(n1)CCNC3)O2. The summed E-state index contributed by atoms with van der Waals surface area (Å²) in [7, 11) is 0. The van der Waals surface area contributed by atoms with Gasteiger partial charge in [-0.25, -0.2) is 4.98 Å². The van der Waals surface area contributed by atoms with Crippen LogP contribution in [0.2, 0.25) is 0 Å². The molecule has 1 aromatic carbocycles. The molecule has 1 N–H and O–H groups in total. The molecule has 0 fully saturated rings. The van der Waals surface area contributed by atoms with Gasteiger partial charge in [0, 0.05) is 38.4 Å². The highest BCUT2D eigenvalue weighted by molar-refractivity contribution is 5.50. The first-order valence-corrected chi connectivity index (χ1v) is 9.04. The molecule has 0 unspecified atom stereocenters. The topological polar surface area (TPSA) is 66.1 Å². The lowest BCUT2D eigenvalue weighted by molar-refractivity contribution is 0.0817. The molecule has 7 heteroatoms. The fourth-order valence-corrected chi connectivity index (χ4v) is 3.51. The summed E-state index contributed by atoms with van der Waals surface area (Å²) in [6.07, 6.45) is 4.73. The maximum Gasteiger partial charge on any atom is 0.161 e. The number of imidazole rings is 1. The number of para-hydroxylation sites is 2. The van der Waals surface area contributed by atoms with Crippen molar-refractivity contribution in [2.24, 2.45) is 0 Å². The Hall–Kier alpha value is -2.80. The third kappa shape index (κ3) is 2.84. The quantitative estimate of drug-likeness (QED) is 0.780. The van der Waals surface area contributed by atoms with Gasteiger partial charge in [0.15, 0.2) is 17.3 Å². The van der Waals surface area contributed by atoms with Gasteiger partial charge in [0.1, 0.15) is 18.4 Å². The number of aromatic nitrogens is 4. The van der Waals surface area contributed by atoms with Gasteiger partial charge in [-0.2, -0.15) is 5.10 Å². The minimum Gasteiger partial charge on any atom is -0.486 e. The zero-order chi connectivity index (χ0) is 17.3. The number of aryl methyl sites for hydroxylation is 1. The molecule has 7 nitrogen and oxygen atoms in total. The van der Waals surface area contributed by atoms with Gasteiger partial charge in [-0.05, 0) is 18.2 Å². The van der Waals surface area contributed by atoms with E-state index < -0.39 is 0 Å². The van der Waals surface area contributed by atoms with Crippen LogP contribution in [0.3, 0.4) is 0 Å². The number of benzene rings is 1. The zero-order valence-corrected chi connectivity index (χ0v) is 14.5. The average molecular weight is 351 g/mol. The van der Waals surface area contributed by atoms with Gasteiger partial charge >= 0.3 is 0 Å². The summed E-state index contributed by atoms with van der Waals surface area (Å²) >= 11 is 0. The van der Waals surface area contributed by atoms with Gasteiger partial charge in [-0.15, -0.1) is 0 Å².